The van der Waals surface area contributed by atoms with E-state index in [9.17, 15) is 13.2 Å². The Hall–Kier alpha value is -2.03. The number of hydrogen-bond acceptors (Lipinski definition) is 5. The predicted molar refractivity (Wildman–Crippen MR) is 124 cm³/mol. The molecule has 3 aliphatic rings. The average molecular weight is 477 g/mol. The molecule has 0 spiro atoms. The number of aliphatic imine (C=N–C) groups is 1. The second-order valence-electron chi connectivity index (χ2n) is 8.21. The number of amidine groups is 1. The Kier molecular flexibility index (Phi) is 5.27. The third-order valence-corrected chi connectivity index (χ3v) is 9.04. The third kappa shape index (κ3) is 4.33. The molecular formula is C22H21ClN2O4S2. The van der Waals surface area contributed by atoms with Gasteiger partial charge >= 0.3 is 0 Å². The summed E-state index contributed by atoms with van der Waals surface area (Å²) in [6, 6.07) is 12.6. The van der Waals surface area contributed by atoms with Crippen molar-refractivity contribution in [1.82, 2.24) is 0 Å². The van der Waals surface area contributed by atoms with E-state index in [-0.39, 0.29) is 34.6 Å². The van der Waals surface area contributed by atoms with Crippen molar-refractivity contribution in [3.8, 4) is 11.5 Å². The van der Waals surface area contributed by atoms with E-state index in [4.69, 9.17) is 16.3 Å². The molecule has 3 fully saturated rings. The zero-order valence-electron chi connectivity index (χ0n) is 16.8. The number of anilines is 1. The molecule has 162 valence electrons. The fourth-order valence-corrected chi connectivity index (χ4v) is 8.01. The zero-order valence-corrected chi connectivity index (χ0v) is 19.2. The fourth-order valence-electron chi connectivity index (χ4n) is 3.93. The van der Waals surface area contributed by atoms with Crippen LogP contribution in [0.2, 0.25) is 5.02 Å². The lowest BCUT2D eigenvalue weighted by atomic mass is 10.2. The third-order valence-electron chi connectivity index (χ3n) is 5.60. The molecule has 2 aliphatic heterocycles. The van der Waals surface area contributed by atoms with Gasteiger partial charge in [-0.15, -0.1) is 0 Å². The second kappa shape index (κ2) is 7.83. The van der Waals surface area contributed by atoms with E-state index in [2.05, 4.69) is 4.99 Å². The van der Waals surface area contributed by atoms with E-state index in [1.54, 1.807) is 18.2 Å². The van der Waals surface area contributed by atoms with Gasteiger partial charge < -0.3 is 9.64 Å². The van der Waals surface area contributed by atoms with E-state index < -0.39 is 9.84 Å². The van der Waals surface area contributed by atoms with Crippen molar-refractivity contribution in [3.63, 3.8) is 0 Å². The lowest BCUT2D eigenvalue weighted by Gasteiger charge is -2.27. The number of nitrogens with zero attached hydrogens (tertiary/aromatic N) is 2. The van der Waals surface area contributed by atoms with Gasteiger partial charge in [0.15, 0.2) is 20.8 Å². The molecule has 0 unspecified atom stereocenters. The van der Waals surface area contributed by atoms with Gasteiger partial charge in [0.2, 0.25) is 0 Å². The molecular weight excluding hydrogens is 456 g/mol. The second-order valence-corrected chi connectivity index (χ2v) is 12.0. The first-order valence-corrected chi connectivity index (χ1v) is 13.2. The van der Waals surface area contributed by atoms with E-state index in [1.165, 1.54) is 11.8 Å². The predicted octanol–water partition coefficient (Wildman–Crippen LogP) is 4.45. The number of sulfone groups is 1. The molecule has 0 bridgehead atoms. The van der Waals surface area contributed by atoms with Gasteiger partial charge in [-0.1, -0.05) is 35.5 Å². The smallest absolute Gasteiger partial charge is 0.251 e. The van der Waals surface area contributed by atoms with Crippen LogP contribution in [0.4, 0.5) is 5.69 Å². The first kappa shape index (κ1) is 20.8. The van der Waals surface area contributed by atoms with Gasteiger partial charge in [-0.3, -0.25) is 4.79 Å². The minimum absolute atomic E-state index is 0.0116. The van der Waals surface area contributed by atoms with Crippen LogP contribution in [-0.2, 0) is 14.6 Å². The summed E-state index contributed by atoms with van der Waals surface area (Å²) in [7, 11) is -3.17. The number of fused-ring (bicyclic) bond motifs is 1. The van der Waals surface area contributed by atoms with Crippen LogP contribution >= 0.6 is 23.4 Å². The maximum absolute atomic E-state index is 12.5. The number of hydrogen-bond donors (Lipinski definition) is 0. The van der Waals surface area contributed by atoms with Crippen molar-refractivity contribution in [2.24, 2.45) is 10.9 Å². The number of halogens is 1. The average Bonchev–Trinajstić information content (AvgIpc) is 3.44. The Morgan fingerprint density at radius 3 is 2.74 bits per heavy atom. The minimum Gasteiger partial charge on any atom is -0.455 e. The van der Waals surface area contributed by atoms with Crippen molar-refractivity contribution in [2.45, 2.75) is 31.1 Å². The molecule has 6 nitrogen and oxygen atoms in total. The van der Waals surface area contributed by atoms with Crippen molar-refractivity contribution >= 4 is 50.0 Å². The summed E-state index contributed by atoms with van der Waals surface area (Å²) >= 11 is 7.68. The van der Waals surface area contributed by atoms with Gasteiger partial charge in [0.1, 0.15) is 5.75 Å². The zero-order chi connectivity index (χ0) is 21.8. The Morgan fingerprint density at radius 1 is 1.19 bits per heavy atom. The molecule has 1 saturated carbocycles. The normalized spacial score (nSPS) is 25.6. The van der Waals surface area contributed by atoms with Crippen molar-refractivity contribution in [3.05, 3.63) is 53.1 Å². The van der Waals surface area contributed by atoms with Crippen LogP contribution in [0.15, 0.2) is 47.5 Å². The molecule has 1 aliphatic carbocycles. The number of aryl methyl sites for hydroxylation is 1. The van der Waals surface area contributed by atoms with Crippen LogP contribution in [0.3, 0.4) is 0 Å². The Balaban J connectivity index is 1.58. The highest BCUT2D eigenvalue weighted by Crippen LogP contribution is 2.46. The number of amides is 1. The van der Waals surface area contributed by atoms with E-state index in [0.29, 0.717) is 27.4 Å². The van der Waals surface area contributed by atoms with Gasteiger partial charge in [-0.25, -0.2) is 8.42 Å². The number of ether oxygens (including phenoxy) is 1. The first-order valence-electron chi connectivity index (χ1n) is 10.1. The van der Waals surface area contributed by atoms with Crippen LogP contribution in [0.5, 0.6) is 11.5 Å². The lowest BCUT2D eigenvalue weighted by Crippen LogP contribution is -2.38. The summed E-state index contributed by atoms with van der Waals surface area (Å²) in [5.41, 5.74) is 1.68. The molecule has 2 atom stereocenters. The number of thioether (sulfide) groups is 1. The largest absolute Gasteiger partial charge is 0.455 e. The molecule has 2 aromatic rings. The Bertz CT molecular complexity index is 1190. The van der Waals surface area contributed by atoms with Crippen LogP contribution in [0, 0.1) is 12.8 Å². The van der Waals surface area contributed by atoms with Gasteiger partial charge in [0, 0.05) is 16.2 Å². The van der Waals surface area contributed by atoms with Gasteiger partial charge in [-0.2, -0.15) is 4.99 Å². The van der Waals surface area contributed by atoms with Gasteiger partial charge in [0.05, 0.1) is 23.2 Å². The Labute approximate surface area is 190 Å². The van der Waals surface area contributed by atoms with Crippen LogP contribution in [0.25, 0.3) is 0 Å². The molecule has 2 aromatic carbocycles. The maximum atomic E-state index is 12.5. The maximum Gasteiger partial charge on any atom is 0.251 e. The summed E-state index contributed by atoms with van der Waals surface area (Å²) in [6.45, 7) is 1.98. The van der Waals surface area contributed by atoms with Crippen LogP contribution in [-0.4, -0.2) is 42.3 Å². The first-order chi connectivity index (χ1) is 14.8. The quantitative estimate of drug-likeness (QED) is 0.648. The molecule has 9 heteroatoms. The van der Waals surface area contributed by atoms with Crippen molar-refractivity contribution in [1.29, 1.82) is 0 Å². The number of benzene rings is 2. The topological polar surface area (TPSA) is 76.0 Å². The molecule has 2 heterocycles. The van der Waals surface area contributed by atoms with E-state index in [0.717, 1.165) is 18.4 Å². The number of carbonyl (C=O) groups is 1. The monoisotopic (exact) mass is 476 g/mol. The highest BCUT2D eigenvalue weighted by molar-refractivity contribution is 8.16. The summed E-state index contributed by atoms with van der Waals surface area (Å²) in [4.78, 5) is 18.7. The molecule has 5 rings (SSSR count). The minimum atomic E-state index is -3.17. The summed E-state index contributed by atoms with van der Waals surface area (Å²) < 4.78 is 30.9. The molecule has 0 aromatic heterocycles. The summed E-state index contributed by atoms with van der Waals surface area (Å²) in [6.07, 6.45) is 1.72. The SMILES string of the molecule is Cc1cccc(Oc2ccc(Cl)cc2N2C(=NC(=O)C3CC3)S[C@@H]3CS(=O)(=O)C[C@@H]32)c1. The molecule has 0 radical (unpaired) electrons. The number of rotatable bonds is 4. The molecule has 1 amide bonds. The fraction of sp³-hybridized carbons (Fsp3) is 0.364. The van der Waals surface area contributed by atoms with Crippen molar-refractivity contribution < 1.29 is 17.9 Å². The van der Waals surface area contributed by atoms with E-state index in [1.807, 2.05) is 36.1 Å². The number of carbonyl (C=O) groups excluding carboxylic acids is 1. The molecule has 2 saturated heterocycles. The van der Waals surface area contributed by atoms with Crippen molar-refractivity contribution in [2.75, 3.05) is 16.4 Å². The molecule has 0 N–H and O–H groups in total. The highest BCUT2D eigenvalue weighted by atomic mass is 35.5. The van der Waals surface area contributed by atoms with E-state index >= 15 is 0 Å². The lowest BCUT2D eigenvalue weighted by molar-refractivity contribution is -0.118. The van der Waals surface area contributed by atoms with Gasteiger partial charge in [0.25, 0.3) is 5.91 Å². The Morgan fingerprint density at radius 2 is 2.00 bits per heavy atom. The molecule has 31 heavy (non-hydrogen) atoms. The van der Waals surface area contributed by atoms with Crippen LogP contribution in [0.1, 0.15) is 18.4 Å². The summed E-state index contributed by atoms with van der Waals surface area (Å²) in [5, 5.41) is 0.841. The van der Waals surface area contributed by atoms with Gasteiger partial charge in [-0.05, 0) is 55.7 Å². The highest BCUT2D eigenvalue weighted by Gasteiger charge is 2.50. The standard InChI is InChI=1S/C22H21ClN2O4S2/c1-13-3-2-4-16(9-13)29-19-8-7-15(23)10-17(19)25-18-11-31(27,28)12-20(18)30-22(25)24-21(26)14-5-6-14/h2-4,7-10,14,18,20H,5-6,11-12H2,1H3/t18-,20+/m0/s1. The van der Waals surface area contributed by atoms with Crippen LogP contribution < -0.4 is 9.64 Å². The summed E-state index contributed by atoms with van der Waals surface area (Å²) in [5.74, 6) is 1.13.